The first-order valence-electron chi connectivity index (χ1n) is 7.36. The minimum atomic E-state index is 0.555. The lowest BCUT2D eigenvalue weighted by Gasteiger charge is -2.27. The summed E-state index contributed by atoms with van der Waals surface area (Å²) in [6, 6.07) is 5.95. The van der Waals surface area contributed by atoms with Crippen molar-refractivity contribution in [3.63, 3.8) is 0 Å². The average Bonchev–Trinajstić information content (AvgIpc) is 2.48. The molecule has 0 radical (unpaired) electrons. The number of aromatic nitrogens is 1. The van der Waals surface area contributed by atoms with Crippen molar-refractivity contribution in [2.75, 3.05) is 33.2 Å². The van der Waals surface area contributed by atoms with Gasteiger partial charge in [-0.3, -0.25) is 9.98 Å². The minimum absolute atomic E-state index is 0.555. The molecule has 20 heavy (non-hydrogen) atoms. The van der Waals surface area contributed by atoms with Crippen LogP contribution in [-0.4, -0.2) is 49.1 Å². The molecular formula is C15H25N5. The van der Waals surface area contributed by atoms with Crippen LogP contribution in [0.1, 0.15) is 18.5 Å². The van der Waals surface area contributed by atoms with Crippen LogP contribution in [-0.2, 0) is 6.42 Å². The molecule has 0 aromatic carbocycles. The van der Waals surface area contributed by atoms with E-state index < -0.39 is 0 Å². The zero-order valence-corrected chi connectivity index (χ0v) is 12.3. The van der Waals surface area contributed by atoms with Gasteiger partial charge in [0.2, 0.25) is 0 Å². The van der Waals surface area contributed by atoms with Gasteiger partial charge in [-0.05, 0) is 51.0 Å². The molecule has 5 nitrogen and oxygen atoms in total. The van der Waals surface area contributed by atoms with Gasteiger partial charge in [-0.15, -0.1) is 0 Å². The molecule has 3 N–H and O–H groups in total. The van der Waals surface area contributed by atoms with Crippen LogP contribution >= 0.6 is 0 Å². The van der Waals surface area contributed by atoms with E-state index in [2.05, 4.69) is 27.2 Å². The smallest absolute Gasteiger partial charge is 0.188 e. The predicted molar refractivity (Wildman–Crippen MR) is 82.7 cm³/mol. The molecule has 2 rings (SSSR count). The number of aliphatic imine (C=N–C) groups is 1. The first-order chi connectivity index (χ1) is 9.74. The molecule has 1 fully saturated rings. The molecular weight excluding hydrogens is 250 g/mol. The van der Waals surface area contributed by atoms with Gasteiger partial charge >= 0.3 is 0 Å². The number of hydrogen-bond donors (Lipinski definition) is 2. The van der Waals surface area contributed by atoms with Crippen molar-refractivity contribution in [2.45, 2.75) is 19.3 Å². The standard InChI is InChI=1S/C15H25N5/c1-20-10-6-13(7-11-20)12-19-15(16)18-9-5-14-4-2-3-8-17-14/h2-4,8,13H,5-7,9-12H2,1H3,(H3,16,18,19). The van der Waals surface area contributed by atoms with Crippen LogP contribution in [0.15, 0.2) is 29.4 Å². The van der Waals surface area contributed by atoms with Crippen molar-refractivity contribution in [3.05, 3.63) is 30.1 Å². The molecule has 0 aliphatic carbocycles. The minimum Gasteiger partial charge on any atom is -0.370 e. The normalized spacial score (nSPS) is 18.1. The third-order valence-corrected chi connectivity index (χ3v) is 3.77. The van der Waals surface area contributed by atoms with Crippen LogP contribution in [0.4, 0.5) is 0 Å². The summed E-state index contributed by atoms with van der Waals surface area (Å²) in [5.41, 5.74) is 6.96. The molecule has 0 atom stereocenters. The van der Waals surface area contributed by atoms with E-state index in [-0.39, 0.29) is 0 Å². The topological polar surface area (TPSA) is 66.5 Å². The summed E-state index contributed by atoms with van der Waals surface area (Å²) >= 11 is 0. The summed E-state index contributed by atoms with van der Waals surface area (Å²) in [4.78, 5) is 11.1. The third-order valence-electron chi connectivity index (χ3n) is 3.77. The molecule has 1 aromatic rings. The van der Waals surface area contributed by atoms with Crippen molar-refractivity contribution in [1.29, 1.82) is 0 Å². The van der Waals surface area contributed by atoms with Gasteiger partial charge in [0, 0.05) is 31.4 Å². The summed E-state index contributed by atoms with van der Waals surface area (Å²) in [5.74, 6) is 1.24. The predicted octanol–water partition coefficient (Wildman–Crippen LogP) is 0.870. The van der Waals surface area contributed by atoms with Gasteiger partial charge in [0.1, 0.15) is 0 Å². The highest BCUT2D eigenvalue weighted by Crippen LogP contribution is 2.15. The molecule has 0 unspecified atom stereocenters. The van der Waals surface area contributed by atoms with Crippen LogP contribution < -0.4 is 11.1 Å². The number of hydrogen-bond acceptors (Lipinski definition) is 3. The molecule has 1 saturated heterocycles. The second kappa shape index (κ2) is 7.85. The first kappa shape index (κ1) is 14.8. The van der Waals surface area contributed by atoms with Crippen LogP contribution in [0, 0.1) is 5.92 Å². The lowest BCUT2D eigenvalue weighted by atomic mass is 9.97. The number of likely N-dealkylation sites (tertiary alicyclic amines) is 1. The van der Waals surface area contributed by atoms with E-state index in [1.165, 1.54) is 25.9 Å². The summed E-state index contributed by atoms with van der Waals surface area (Å²) < 4.78 is 0. The Kier molecular flexibility index (Phi) is 5.80. The Morgan fingerprint density at radius 3 is 2.95 bits per heavy atom. The molecule has 0 bridgehead atoms. The largest absolute Gasteiger partial charge is 0.370 e. The SMILES string of the molecule is CN1CCC(CN=C(N)NCCc2ccccn2)CC1. The molecule has 1 aliphatic rings. The highest BCUT2D eigenvalue weighted by Gasteiger charge is 2.15. The second-order valence-corrected chi connectivity index (χ2v) is 5.47. The average molecular weight is 275 g/mol. The molecule has 5 heteroatoms. The van der Waals surface area contributed by atoms with Crippen molar-refractivity contribution < 1.29 is 0 Å². The number of rotatable bonds is 5. The van der Waals surface area contributed by atoms with E-state index in [9.17, 15) is 0 Å². The van der Waals surface area contributed by atoms with Crippen LogP contribution in [0.25, 0.3) is 0 Å². The number of nitrogens with one attached hydrogen (secondary N) is 1. The highest BCUT2D eigenvalue weighted by atomic mass is 15.1. The van der Waals surface area contributed by atoms with E-state index in [0.717, 1.165) is 25.2 Å². The number of guanidine groups is 1. The van der Waals surface area contributed by atoms with Gasteiger partial charge < -0.3 is 16.0 Å². The van der Waals surface area contributed by atoms with E-state index in [0.29, 0.717) is 11.9 Å². The van der Waals surface area contributed by atoms with Crippen molar-refractivity contribution in [2.24, 2.45) is 16.6 Å². The first-order valence-corrected chi connectivity index (χ1v) is 7.36. The molecule has 1 aliphatic heterocycles. The Balaban J connectivity index is 1.64. The Bertz CT molecular complexity index is 410. The lowest BCUT2D eigenvalue weighted by molar-refractivity contribution is 0.223. The van der Waals surface area contributed by atoms with E-state index >= 15 is 0 Å². The zero-order valence-electron chi connectivity index (χ0n) is 12.3. The maximum absolute atomic E-state index is 5.89. The molecule has 110 valence electrons. The summed E-state index contributed by atoms with van der Waals surface area (Å²) in [6.07, 6.45) is 5.13. The summed E-state index contributed by atoms with van der Waals surface area (Å²) in [7, 11) is 2.17. The van der Waals surface area contributed by atoms with Crippen LogP contribution in [0.5, 0.6) is 0 Å². The van der Waals surface area contributed by atoms with Gasteiger partial charge in [0.05, 0.1) is 0 Å². The Hall–Kier alpha value is -1.62. The van der Waals surface area contributed by atoms with Gasteiger partial charge in [-0.2, -0.15) is 0 Å². The second-order valence-electron chi connectivity index (χ2n) is 5.47. The van der Waals surface area contributed by atoms with Crippen molar-refractivity contribution >= 4 is 5.96 Å². The van der Waals surface area contributed by atoms with Crippen molar-refractivity contribution in [1.82, 2.24) is 15.2 Å². The van der Waals surface area contributed by atoms with Gasteiger partial charge in [-0.25, -0.2) is 0 Å². The molecule has 2 heterocycles. The lowest BCUT2D eigenvalue weighted by Crippen LogP contribution is -2.35. The Morgan fingerprint density at radius 2 is 2.25 bits per heavy atom. The molecule has 0 saturated carbocycles. The number of piperidine rings is 1. The monoisotopic (exact) mass is 275 g/mol. The van der Waals surface area contributed by atoms with Crippen LogP contribution in [0.2, 0.25) is 0 Å². The quantitative estimate of drug-likeness (QED) is 0.618. The third kappa shape index (κ3) is 5.17. The van der Waals surface area contributed by atoms with Crippen molar-refractivity contribution in [3.8, 4) is 0 Å². The highest BCUT2D eigenvalue weighted by molar-refractivity contribution is 5.77. The number of nitrogens with two attached hydrogens (primary N) is 1. The van der Waals surface area contributed by atoms with Gasteiger partial charge in [0.25, 0.3) is 0 Å². The molecule has 0 amide bonds. The fourth-order valence-electron chi connectivity index (χ4n) is 2.39. The Morgan fingerprint density at radius 1 is 1.45 bits per heavy atom. The fourth-order valence-corrected chi connectivity index (χ4v) is 2.39. The summed E-state index contributed by atoms with van der Waals surface area (Å²) in [5, 5.41) is 3.16. The van der Waals surface area contributed by atoms with Crippen LogP contribution in [0.3, 0.4) is 0 Å². The van der Waals surface area contributed by atoms with Gasteiger partial charge in [0.15, 0.2) is 5.96 Å². The van der Waals surface area contributed by atoms with E-state index in [1.807, 2.05) is 24.4 Å². The number of nitrogens with zero attached hydrogens (tertiary/aromatic N) is 3. The fraction of sp³-hybridized carbons (Fsp3) is 0.600. The zero-order chi connectivity index (χ0) is 14.2. The Labute approximate surface area is 121 Å². The summed E-state index contributed by atoms with van der Waals surface area (Å²) in [6.45, 7) is 3.97. The van der Waals surface area contributed by atoms with E-state index in [4.69, 9.17) is 5.73 Å². The number of pyridine rings is 1. The van der Waals surface area contributed by atoms with Gasteiger partial charge in [-0.1, -0.05) is 6.07 Å². The van der Waals surface area contributed by atoms with E-state index in [1.54, 1.807) is 0 Å². The maximum atomic E-state index is 5.89. The molecule has 0 spiro atoms. The maximum Gasteiger partial charge on any atom is 0.188 e. The molecule has 1 aromatic heterocycles.